The zero-order valence-electron chi connectivity index (χ0n) is 31.5. The molecule has 4 heterocycles. The predicted octanol–water partition coefficient (Wildman–Crippen LogP) is 5.96. The number of amides is 3. The summed E-state index contributed by atoms with van der Waals surface area (Å²) in [6.45, 7) is 5.71. The third-order valence-electron chi connectivity index (χ3n) is 9.14. The van der Waals surface area contributed by atoms with Gasteiger partial charge in [0.25, 0.3) is 12.3 Å². The lowest BCUT2D eigenvalue weighted by Crippen LogP contribution is -2.50. The van der Waals surface area contributed by atoms with E-state index in [4.69, 9.17) is 26.1 Å². The Hall–Kier alpha value is -5.98. The molecule has 0 bridgehead atoms. The van der Waals surface area contributed by atoms with Gasteiger partial charge in [-0.25, -0.2) is 37.3 Å². The van der Waals surface area contributed by atoms with E-state index in [1.165, 1.54) is 18.2 Å². The maximum atomic E-state index is 15.4. The van der Waals surface area contributed by atoms with E-state index < -0.39 is 66.2 Å². The van der Waals surface area contributed by atoms with Crippen molar-refractivity contribution in [3.05, 3.63) is 112 Å². The van der Waals surface area contributed by atoms with Gasteiger partial charge in [0.05, 0.1) is 16.8 Å². The molecule has 6 rings (SSSR count). The molecule has 3 atom stereocenters. The van der Waals surface area contributed by atoms with E-state index in [2.05, 4.69) is 20.4 Å². The first-order valence-corrected chi connectivity index (χ1v) is 18.2. The molecule has 0 radical (unpaired) electrons. The third kappa shape index (κ3) is 9.09. The van der Waals surface area contributed by atoms with Crippen LogP contribution in [0, 0.1) is 11.6 Å². The number of rotatable bonds is 11. The maximum absolute atomic E-state index is 15.4. The number of aliphatic imine (C=N–C) groups is 1. The zero-order chi connectivity index (χ0) is 42.0. The van der Waals surface area contributed by atoms with Crippen LogP contribution in [0.3, 0.4) is 0 Å². The smallest absolute Gasteiger partial charge is 0.414 e. The van der Waals surface area contributed by atoms with E-state index in [9.17, 15) is 31.5 Å². The van der Waals surface area contributed by atoms with Gasteiger partial charge in [-0.1, -0.05) is 73.8 Å². The van der Waals surface area contributed by atoms with E-state index in [-0.39, 0.29) is 35.3 Å². The van der Waals surface area contributed by atoms with Crippen LogP contribution in [0.2, 0.25) is 5.02 Å². The lowest BCUT2D eigenvalue weighted by atomic mass is 9.76. The molecule has 58 heavy (non-hydrogen) atoms. The first-order valence-electron chi connectivity index (χ1n) is 17.8. The fourth-order valence-electron chi connectivity index (χ4n) is 6.49. The van der Waals surface area contributed by atoms with Crippen molar-refractivity contribution in [2.75, 3.05) is 13.2 Å². The number of fused-ring (bicyclic) bond motifs is 1. The summed E-state index contributed by atoms with van der Waals surface area (Å²) < 4.78 is 81.6. The van der Waals surface area contributed by atoms with E-state index in [1.807, 2.05) is 20.8 Å². The lowest BCUT2D eigenvalue weighted by molar-refractivity contribution is -0.522. The van der Waals surface area contributed by atoms with E-state index in [0.29, 0.717) is 30.1 Å². The molecule has 2 N–H and O–H groups in total. The number of hydrogen-bond acceptors (Lipinski definition) is 9. The number of carbonyl (C=O) groups is 3. The van der Waals surface area contributed by atoms with Crippen molar-refractivity contribution in [3.8, 4) is 5.69 Å². The van der Waals surface area contributed by atoms with Crippen LogP contribution < -0.4 is 20.4 Å². The number of halogens is 6. The number of alkyl carbamates (subject to hydrolysis) is 2. The van der Waals surface area contributed by atoms with Gasteiger partial charge in [0.15, 0.2) is 17.9 Å². The summed E-state index contributed by atoms with van der Waals surface area (Å²) in [6, 6.07) is 12.3. The molecule has 0 saturated carbocycles. The van der Waals surface area contributed by atoms with Crippen LogP contribution >= 0.6 is 11.6 Å². The van der Waals surface area contributed by atoms with Crippen LogP contribution in [0.5, 0.6) is 0 Å². The summed E-state index contributed by atoms with van der Waals surface area (Å²) in [4.78, 5) is 55.8. The monoisotopic (exact) mass is 830 g/mol. The minimum absolute atomic E-state index is 0.0514. The van der Waals surface area contributed by atoms with Gasteiger partial charge in [0.1, 0.15) is 38.0 Å². The second kappa shape index (κ2) is 16.5. The van der Waals surface area contributed by atoms with Crippen molar-refractivity contribution in [1.29, 1.82) is 0 Å². The first kappa shape index (κ1) is 41.6. The molecule has 0 saturated heterocycles. The fraction of sp³-hybridized carbons (Fsp3) is 0.368. The lowest BCUT2D eigenvalue weighted by Gasteiger charge is -2.34. The number of pyridine rings is 1. The minimum Gasteiger partial charge on any atom is -0.447 e. The number of guanidine groups is 1. The molecular weight excluding hydrogens is 793 g/mol. The Labute approximate surface area is 333 Å². The third-order valence-corrected chi connectivity index (χ3v) is 9.46. The Morgan fingerprint density at radius 2 is 1.78 bits per heavy atom. The molecule has 14 nitrogen and oxygen atoms in total. The number of benzene rings is 2. The van der Waals surface area contributed by atoms with Gasteiger partial charge in [-0.15, -0.1) is 0 Å². The molecule has 2 aromatic heterocycles. The number of nitrogens with one attached hydrogen (secondary N) is 2. The average molecular weight is 831 g/mol. The van der Waals surface area contributed by atoms with Crippen LogP contribution in [-0.4, -0.2) is 69.1 Å². The van der Waals surface area contributed by atoms with Gasteiger partial charge >= 0.3 is 23.9 Å². The quantitative estimate of drug-likeness (QED) is 0.139. The van der Waals surface area contributed by atoms with Gasteiger partial charge in [-0.2, -0.15) is 18.3 Å². The van der Waals surface area contributed by atoms with Crippen molar-refractivity contribution in [2.24, 2.45) is 15.4 Å². The van der Waals surface area contributed by atoms with Gasteiger partial charge < -0.3 is 14.8 Å². The van der Waals surface area contributed by atoms with Gasteiger partial charge in [0.2, 0.25) is 5.96 Å². The Bertz CT molecular complexity index is 2350. The molecule has 0 aliphatic carbocycles. The Morgan fingerprint density at radius 3 is 2.47 bits per heavy atom. The van der Waals surface area contributed by atoms with Crippen LogP contribution in [0.15, 0.2) is 83.2 Å². The summed E-state index contributed by atoms with van der Waals surface area (Å²) in [6.07, 6.45) is -6.01. The number of aromatic nitrogens is 4. The fourth-order valence-corrected chi connectivity index (χ4v) is 6.69. The van der Waals surface area contributed by atoms with Crippen molar-refractivity contribution >= 4 is 35.7 Å². The molecular formula is C38H38ClF5N9O5+. The molecule has 3 amide bonds. The van der Waals surface area contributed by atoms with Crippen molar-refractivity contribution < 1.29 is 50.1 Å². The highest BCUT2D eigenvalue weighted by molar-refractivity contribution is 6.32. The molecule has 4 aromatic rings. The first-order chi connectivity index (χ1) is 27.4. The normalized spacial score (nSPS) is 17.5. The number of nitrogens with zero attached hydrogens (tertiary/aromatic N) is 7. The van der Waals surface area contributed by atoms with Crippen LogP contribution in [0.4, 0.5) is 31.5 Å². The van der Waals surface area contributed by atoms with Gasteiger partial charge in [-0.3, -0.25) is 15.0 Å². The highest BCUT2D eigenvalue weighted by Crippen LogP contribution is 2.45. The average Bonchev–Trinajstić information content (AvgIpc) is 3.90. The molecule has 0 fully saturated rings. The summed E-state index contributed by atoms with van der Waals surface area (Å²) in [5.41, 5.74) is -0.795. The SMILES string of the molecule is C[C@H](NC(=O)OC[C@H](c1ccc(Cl)c(-n2ncnc2C(F)F)c1)N1C(=O)[C@@](CC(C)(C)C)(c2ccc3[n+](c2)=CCN=3)N=C1NC(=O)OCc1ccccc1)C(F)(F)F. The molecule has 0 spiro atoms. The van der Waals surface area contributed by atoms with Gasteiger partial charge in [-0.05, 0) is 48.1 Å². The topological polar surface area (TPSA) is 158 Å². The Morgan fingerprint density at radius 1 is 1.03 bits per heavy atom. The van der Waals surface area contributed by atoms with Crippen LogP contribution in [-0.2, 0) is 26.4 Å². The number of hydrogen-bond donors (Lipinski definition) is 2. The Balaban J connectivity index is 1.50. The summed E-state index contributed by atoms with van der Waals surface area (Å²) in [5.74, 6) is -1.87. The second-order valence-electron chi connectivity index (χ2n) is 14.7. The summed E-state index contributed by atoms with van der Waals surface area (Å²) >= 11 is 6.49. The summed E-state index contributed by atoms with van der Waals surface area (Å²) in [7, 11) is 0. The number of alkyl halides is 5. The largest absolute Gasteiger partial charge is 0.447 e. The molecule has 2 aromatic carbocycles. The van der Waals surface area contributed by atoms with Crippen molar-refractivity contribution in [2.45, 2.75) is 70.9 Å². The molecule has 2 aliphatic heterocycles. The van der Waals surface area contributed by atoms with Crippen molar-refractivity contribution in [3.63, 3.8) is 0 Å². The van der Waals surface area contributed by atoms with Crippen LogP contribution in [0.25, 0.3) is 5.69 Å². The van der Waals surface area contributed by atoms with E-state index in [0.717, 1.165) is 15.9 Å². The maximum Gasteiger partial charge on any atom is 0.414 e. The standard InChI is InChI=1S/C38H37ClF5N9O5/c1-22(38(42,43)44)48-34(55)58-19-28(24-10-12-26(39)27(16-24)53-31(30(40)41)46-21-47-53)52-32(54)37(20-36(2,3)4,25-11-13-29-45-14-15-51(29)17-25)50-33(52)49-35(56)57-18-23-8-6-5-7-9-23/h5-13,15-17,21-22,28,30H,14,18-20H2,1-4H3,(H-,48,49,50,55,56)/p+1/t22-,28+,37+/m0/s1. The minimum atomic E-state index is -4.82. The zero-order valence-corrected chi connectivity index (χ0v) is 32.3. The number of carbonyl (C=O) groups excluding carboxylic acids is 3. The number of ether oxygens (including phenoxy) is 2. The van der Waals surface area contributed by atoms with Crippen LogP contribution in [0.1, 0.15) is 69.1 Å². The van der Waals surface area contributed by atoms with E-state index >= 15 is 4.79 Å². The summed E-state index contributed by atoms with van der Waals surface area (Å²) in [5, 5.41) is 8.09. The highest BCUT2D eigenvalue weighted by atomic mass is 35.5. The van der Waals surface area contributed by atoms with Gasteiger partial charge in [0, 0.05) is 11.6 Å². The molecule has 306 valence electrons. The molecule has 2 aliphatic rings. The van der Waals surface area contributed by atoms with E-state index in [1.54, 1.807) is 64.4 Å². The Kier molecular flexibility index (Phi) is 11.8. The predicted molar refractivity (Wildman–Crippen MR) is 196 cm³/mol. The highest BCUT2D eigenvalue weighted by Gasteiger charge is 2.55. The van der Waals surface area contributed by atoms with Crippen molar-refractivity contribution in [1.82, 2.24) is 30.3 Å². The molecule has 20 heteroatoms. The second-order valence-corrected chi connectivity index (χ2v) is 15.1. The molecule has 0 unspecified atom stereocenters.